The van der Waals surface area contributed by atoms with Crippen molar-refractivity contribution >= 4 is 7.82 Å². The van der Waals surface area contributed by atoms with Gasteiger partial charge in [0.25, 0.3) is 0 Å². The van der Waals surface area contributed by atoms with Crippen LogP contribution in [0.5, 0.6) is 0 Å². The van der Waals surface area contributed by atoms with E-state index in [1.807, 2.05) is 0 Å². The molecule has 0 fully saturated rings. The van der Waals surface area contributed by atoms with Gasteiger partial charge in [-0.05, 0) is 12.3 Å². The minimum atomic E-state index is -3.88. The van der Waals surface area contributed by atoms with Gasteiger partial charge in [-0.3, -0.25) is 9.05 Å². The van der Waals surface area contributed by atoms with Gasteiger partial charge in [-0.25, -0.2) is 4.57 Å². The highest BCUT2D eigenvalue weighted by Crippen LogP contribution is 2.43. The average molecular weight is 250 g/mol. The third-order valence-electron chi connectivity index (χ3n) is 2.37. The van der Waals surface area contributed by atoms with E-state index < -0.39 is 7.82 Å². The summed E-state index contributed by atoms with van der Waals surface area (Å²) < 4.78 is 20.9. The van der Waals surface area contributed by atoms with Crippen molar-refractivity contribution in [2.24, 2.45) is 5.92 Å². The predicted octanol–water partition coefficient (Wildman–Crippen LogP) is 3.52. The molecule has 0 aliphatic carbocycles. The first-order chi connectivity index (χ1) is 7.55. The first-order valence-corrected chi connectivity index (χ1v) is 7.28. The first-order valence-electron chi connectivity index (χ1n) is 5.78. The van der Waals surface area contributed by atoms with Crippen molar-refractivity contribution in [1.29, 1.82) is 0 Å². The normalized spacial score (nSPS) is 16.7. The van der Waals surface area contributed by atoms with Gasteiger partial charge in [0.2, 0.25) is 0 Å². The summed E-state index contributed by atoms with van der Waals surface area (Å²) in [4.78, 5) is 9.28. The second-order valence-electron chi connectivity index (χ2n) is 3.77. The molecule has 0 radical (unpaired) electrons. The maximum atomic E-state index is 11.3. The van der Waals surface area contributed by atoms with Crippen LogP contribution >= 0.6 is 7.82 Å². The van der Waals surface area contributed by atoms with E-state index in [-0.39, 0.29) is 13.2 Å². The molecule has 0 saturated heterocycles. The Balaban J connectivity index is 3.89. The van der Waals surface area contributed by atoms with Crippen LogP contribution in [0.25, 0.3) is 0 Å². The monoisotopic (exact) mass is 250 g/mol. The topological polar surface area (TPSA) is 55.8 Å². The summed E-state index contributed by atoms with van der Waals surface area (Å²) in [5.74, 6) is 0.327. The van der Waals surface area contributed by atoms with Crippen molar-refractivity contribution < 1.29 is 18.5 Å². The molecule has 0 amide bonds. The zero-order chi connectivity index (χ0) is 12.4. The number of phosphoric ester groups is 1. The van der Waals surface area contributed by atoms with Crippen molar-refractivity contribution in [3.63, 3.8) is 0 Å². The van der Waals surface area contributed by atoms with Crippen LogP contribution in [0.15, 0.2) is 12.7 Å². The fourth-order valence-electron chi connectivity index (χ4n) is 1.28. The van der Waals surface area contributed by atoms with Gasteiger partial charge in [0.05, 0.1) is 13.2 Å². The molecule has 0 aliphatic rings. The number of phosphoric acid groups is 1. The maximum absolute atomic E-state index is 11.3. The lowest BCUT2D eigenvalue weighted by Gasteiger charge is -2.17. The summed E-state index contributed by atoms with van der Waals surface area (Å²) in [6.45, 7) is 7.88. The standard InChI is InChI=1S/C11H23O4P/c1-4-7-8-11(6-3)10-15-16(12,13)14-9-5-2/h5,11H,2,4,6-10H2,1,3H3,(H,12,13). The molecule has 0 spiro atoms. The van der Waals surface area contributed by atoms with Gasteiger partial charge < -0.3 is 4.89 Å². The van der Waals surface area contributed by atoms with Gasteiger partial charge in [0.15, 0.2) is 0 Å². The van der Waals surface area contributed by atoms with Gasteiger partial charge in [-0.1, -0.05) is 39.2 Å². The van der Waals surface area contributed by atoms with E-state index in [1.54, 1.807) is 0 Å². The van der Waals surface area contributed by atoms with Gasteiger partial charge in [0.1, 0.15) is 0 Å². The third kappa shape index (κ3) is 8.05. The molecular weight excluding hydrogens is 227 g/mol. The quantitative estimate of drug-likeness (QED) is 0.476. The SMILES string of the molecule is C=CCOP(=O)(O)OCC(CC)CCCC. The smallest absolute Gasteiger partial charge is 0.302 e. The Morgan fingerprint density at radius 1 is 1.44 bits per heavy atom. The molecule has 16 heavy (non-hydrogen) atoms. The molecule has 0 bridgehead atoms. The second kappa shape index (κ2) is 8.94. The molecule has 0 rings (SSSR count). The number of unbranched alkanes of at least 4 members (excludes halogenated alkanes) is 1. The molecule has 0 aromatic rings. The van der Waals surface area contributed by atoms with E-state index >= 15 is 0 Å². The lowest BCUT2D eigenvalue weighted by Crippen LogP contribution is -2.08. The van der Waals surface area contributed by atoms with Crippen LogP contribution in [-0.4, -0.2) is 18.1 Å². The Kier molecular flexibility index (Phi) is 8.86. The van der Waals surface area contributed by atoms with Crippen molar-refractivity contribution in [2.45, 2.75) is 39.5 Å². The maximum Gasteiger partial charge on any atom is 0.472 e. The summed E-state index contributed by atoms with van der Waals surface area (Å²) >= 11 is 0. The minimum absolute atomic E-state index is 0.0273. The van der Waals surface area contributed by atoms with E-state index in [1.165, 1.54) is 6.08 Å². The highest BCUT2D eigenvalue weighted by Gasteiger charge is 2.21. The summed E-state index contributed by atoms with van der Waals surface area (Å²) in [6, 6.07) is 0. The van der Waals surface area contributed by atoms with Crippen LogP contribution in [0.4, 0.5) is 0 Å². The van der Waals surface area contributed by atoms with Crippen LogP contribution in [0.1, 0.15) is 39.5 Å². The molecule has 0 heterocycles. The molecule has 5 heteroatoms. The van der Waals surface area contributed by atoms with Crippen LogP contribution < -0.4 is 0 Å². The summed E-state index contributed by atoms with van der Waals surface area (Å²) in [6.07, 6.45) is 5.63. The fourth-order valence-corrected chi connectivity index (χ4v) is 2.05. The average Bonchev–Trinajstić information content (AvgIpc) is 2.27. The predicted molar refractivity (Wildman–Crippen MR) is 65.2 cm³/mol. The Labute approximate surface area is 98.3 Å². The van der Waals surface area contributed by atoms with Gasteiger partial charge >= 0.3 is 7.82 Å². The van der Waals surface area contributed by atoms with Crippen LogP contribution in [-0.2, 0) is 13.6 Å². The Morgan fingerprint density at radius 2 is 2.12 bits per heavy atom. The molecule has 2 atom stereocenters. The van der Waals surface area contributed by atoms with E-state index in [4.69, 9.17) is 4.52 Å². The zero-order valence-electron chi connectivity index (χ0n) is 10.2. The summed E-state index contributed by atoms with van der Waals surface area (Å²) in [5, 5.41) is 0. The number of rotatable bonds is 10. The van der Waals surface area contributed by atoms with Crippen molar-refractivity contribution in [2.75, 3.05) is 13.2 Å². The first kappa shape index (κ1) is 15.9. The van der Waals surface area contributed by atoms with Gasteiger partial charge in [0, 0.05) is 0 Å². The second-order valence-corrected chi connectivity index (χ2v) is 5.22. The van der Waals surface area contributed by atoms with Crippen LogP contribution in [0.3, 0.4) is 0 Å². The summed E-state index contributed by atoms with van der Waals surface area (Å²) in [7, 11) is -3.88. The van der Waals surface area contributed by atoms with E-state index in [0.717, 1.165) is 25.7 Å². The Hall–Kier alpha value is -0.150. The molecule has 0 aromatic heterocycles. The zero-order valence-corrected chi connectivity index (χ0v) is 11.1. The minimum Gasteiger partial charge on any atom is -0.302 e. The Morgan fingerprint density at radius 3 is 2.62 bits per heavy atom. The molecule has 0 saturated carbocycles. The van der Waals surface area contributed by atoms with Gasteiger partial charge in [-0.15, -0.1) is 6.58 Å². The van der Waals surface area contributed by atoms with Crippen molar-refractivity contribution in [3.8, 4) is 0 Å². The third-order valence-corrected chi connectivity index (χ3v) is 3.32. The highest BCUT2D eigenvalue weighted by atomic mass is 31.2. The van der Waals surface area contributed by atoms with E-state index in [0.29, 0.717) is 5.92 Å². The van der Waals surface area contributed by atoms with E-state index in [9.17, 15) is 9.46 Å². The van der Waals surface area contributed by atoms with Crippen molar-refractivity contribution in [1.82, 2.24) is 0 Å². The largest absolute Gasteiger partial charge is 0.472 e. The molecule has 4 nitrogen and oxygen atoms in total. The Bertz CT molecular complexity index is 230. The lowest BCUT2D eigenvalue weighted by molar-refractivity contribution is 0.135. The molecular formula is C11H23O4P. The molecule has 2 unspecified atom stereocenters. The highest BCUT2D eigenvalue weighted by molar-refractivity contribution is 7.47. The van der Waals surface area contributed by atoms with Crippen molar-refractivity contribution in [3.05, 3.63) is 12.7 Å². The van der Waals surface area contributed by atoms with E-state index in [2.05, 4.69) is 25.0 Å². The summed E-state index contributed by atoms with van der Waals surface area (Å²) in [5.41, 5.74) is 0. The van der Waals surface area contributed by atoms with Gasteiger partial charge in [-0.2, -0.15) is 0 Å². The van der Waals surface area contributed by atoms with Crippen LogP contribution in [0, 0.1) is 5.92 Å². The fraction of sp³-hybridized carbons (Fsp3) is 0.818. The van der Waals surface area contributed by atoms with Crippen LogP contribution in [0.2, 0.25) is 0 Å². The lowest BCUT2D eigenvalue weighted by atomic mass is 10.0. The molecule has 0 aromatic carbocycles. The molecule has 0 aliphatic heterocycles. The molecule has 1 N–H and O–H groups in total. The number of hydrogen-bond donors (Lipinski definition) is 1. The molecule has 96 valence electrons. The number of hydrogen-bond acceptors (Lipinski definition) is 3.